The van der Waals surface area contributed by atoms with E-state index in [1.807, 2.05) is 0 Å². The normalized spacial score (nSPS) is 9.28. The molecule has 0 radical (unpaired) electrons. The number of benzene rings is 1. The maximum Gasteiger partial charge on any atom is 0.251 e. The molecule has 0 saturated heterocycles. The van der Waals surface area contributed by atoms with Gasteiger partial charge in [0.2, 0.25) is 5.91 Å². The number of rotatable bonds is 5. The molecular weight excluding hydrogens is 234 g/mol. The molecule has 0 aliphatic heterocycles. The van der Waals surface area contributed by atoms with Gasteiger partial charge >= 0.3 is 0 Å². The zero-order valence-electron chi connectivity index (χ0n) is 9.64. The molecule has 0 aliphatic carbocycles. The van der Waals surface area contributed by atoms with E-state index in [0.29, 0.717) is 5.56 Å². The van der Waals surface area contributed by atoms with E-state index in [-0.39, 0.29) is 37.1 Å². The molecule has 0 heterocycles. The third-order valence-electron chi connectivity index (χ3n) is 2.08. The Hall–Kier alpha value is -2.55. The van der Waals surface area contributed by atoms with E-state index in [1.54, 1.807) is 18.2 Å². The highest BCUT2D eigenvalue weighted by Gasteiger charge is 2.05. The summed E-state index contributed by atoms with van der Waals surface area (Å²) in [5.74, 6) is -0.686. The summed E-state index contributed by atoms with van der Waals surface area (Å²) in [5.41, 5.74) is 0.346. The van der Waals surface area contributed by atoms with Crippen LogP contribution >= 0.6 is 0 Å². The predicted octanol–water partition coefficient (Wildman–Crippen LogP) is 0.152. The molecule has 0 spiro atoms. The number of phenols is 1. The molecule has 1 aromatic carbocycles. The van der Waals surface area contributed by atoms with Crippen molar-refractivity contribution in [2.24, 2.45) is 0 Å². The van der Waals surface area contributed by atoms with E-state index < -0.39 is 0 Å². The van der Waals surface area contributed by atoms with E-state index in [4.69, 9.17) is 5.26 Å². The van der Waals surface area contributed by atoms with Crippen molar-refractivity contribution in [3.8, 4) is 11.8 Å². The van der Waals surface area contributed by atoms with Crippen LogP contribution < -0.4 is 10.6 Å². The quantitative estimate of drug-likeness (QED) is 0.644. The summed E-state index contributed by atoms with van der Waals surface area (Å²) in [6, 6.07) is 7.69. The van der Waals surface area contributed by atoms with Crippen LogP contribution in [0.1, 0.15) is 16.8 Å². The third-order valence-corrected chi connectivity index (χ3v) is 2.08. The van der Waals surface area contributed by atoms with Crippen molar-refractivity contribution in [3.63, 3.8) is 0 Å². The Balaban J connectivity index is 2.30. The topological polar surface area (TPSA) is 102 Å². The number of hydrogen-bond acceptors (Lipinski definition) is 4. The van der Waals surface area contributed by atoms with Gasteiger partial charge in [0.25, 0.3) is 5.91 Å². The summed E-state index contributed by atoms with van der Waals surface area (Å²) in [5, 5.41) is 22.5. The molecule has 18 heavy (non-hydrogen) atoms. The number of amides is 2. The fourth-order valence-electron chi connectivity index (χ4n) is 1.26. The summed E-state index contributed by atoms with van der Waals surface area (Å²) in [6.07, 6.45) is -0.194. The van der Waals surface area contributed by atoms with Crippen molar-refractivity contribution in [2.75, 3.05) is 13.1 Å². The SMILES string of the molecule is N#CCC(=O)NCCNC(=O)c1cccc(O)c1. The minimum atomic E-state index is -0.371. The Bertz CT molecular complexity index is 480. The molecule has 1 aromatic rings. The second-order valence-electron chi connectivity index (χ2n) is 3.49. The second kappa shape index (κ2) is 6.91. The van der Waals surface area contributed by atoms with Crippen molar-refractivity contribution in [3.05, 3.63) is 29.8 Å². The minimum Gasteiger partial charge on any atom is -0.508 e. The molecule has 0 aromatic heterocycles. The summed E-state index contributed by atoms with van der Waals surface area (Å²) in [7, 11) is 0. The van der Waals surface area contributed by atoms with E-state index in [2.05, 4.69) is 10.6 Å². The average molecular weight is 247 g/mol. The molecular formula is C12H13N3O3. The van der Waals surface area contributed by atoms with Crippen molar-refractivity contribution < 1.29 is 14.7 Å². The fraction of sp³-hybridized carbons (Fsp3) is 0.250. The standard InChI is InChI=1S/C12H13N3O3/c13-5-4-11(17)14-6-7-15-12(18)9-2-1-3-10(16)8-9/h1-3,8,16H,4,6-7H2,(H,14,17)(H,15,18). The van der Waals surface area contributed by atoms with Gasteiger partial charge < -0.3 is 15.7 Å². The first-order chi connectivity index (χ1) is 8.63. The largest absolute Gasteiger partial charge is 0.508 e. The summed E-state index contributed by atoms with van der Waals surface area (Å²) in [6.45, 7) is 0.511. The van der Waals surface area contributed by atoms with Gasteiger partial charge in [-0.25, -0.2) is 0 Å². The Morgan fingerprint density at radius 3 is 2.67 bits per heavy atom. The van der Waals surface area contributed by atoms with Crippen LogP contribution in [0.15, 0.2) is 24.3 Å². The monoisotopic (exact) mass is 247 g/mol. The van der Waals surface area contributed by atoms with Crippen molar-refractivity contribution in [1.82, 2.24) is 10.6 Å². The van der Waals surface area contributed by atoms with Crippen molar-refractivity contribution in [1.29, 1.82) is 5.26 Å². The van der Waals surface area contributed by atoms with Gasteiger partial charge in [0.15, 0.2) is 0 Å². The number of phenolic OH excluding ortho intramolecular Hbond substituents is 1. The maximum atomic E-state index is 11.6. The van der Waals surface area contributed by atoms with Crippen LogP contribution in [0.5, 0.6) is 5.75 Å². The van der Waals surface area contributed by atoms with Crippen LogP contribution in [0, 0.1) is 11.3 Å². The molecule has 6 nitrogen and oxygen atoms in total. The Morgan fingerprint density at radius 1 is 1.28 bits per heavy atom. The summed E-state index contributed by atoms with van der Waals surface area (Å²) >= 11 is 0. The number of aromatic hydroxyl groups is 1. The Morgan fingerprint density at radius 2 is 2.00 bits per heavy atom. The lowest BCUT2D eigenvalue weighted by Crippen LogP contribution is -2.34. The predicted molar refractivity (Wildman–Crippen MR) is 63.7 cm³/mol. The minimum absolute atomic E-state index is 0.0185. The van der Waals surface area contributed by atoms with Crippen LogP contribution in [0.4, 0.5) is 0 Å². The van der Waals surface area contributed by atoms with Crippen molar-refractivity contribution in [2.45, 2.75) is 6.42 Å². The summed E-state index contributed by atoms with van der Waals surface area (Å²) < 4.78 is 0. The number of nitriles is 1. The molecule has 6 heteroatoms. The molecule has 3 N–H and O–H groups in total. The Labute approximate surface area is 104 Å². The van der Waals surface area contributed by atoms with Gasteiger partial charge in [-0.05, 0) is 18.2 Å². The smallest absolute Gasteiger partial charge is 0.251 e. The van der Waals surface area contributed by atoms with Gasteiger partial charge in [0.1, 0.15) is 12.2 Å². The van der Waals surface area contributed by atoms with Crippen LogP contribution in [-0.2, 0) is 4.79 Å². The third kappa shape index (κ3) is 4.53. The zero-order chi connectivity index (χ0) is 13.4. The van der Waals surface area contributed by atoms with E-state index in [0.717, 1.165) is 0 Å². The molecule has 2 amide bonds. The van der Waals surface area contributed by atoms with Gasteiger partial charge in [0.05, 0.1) is 6.07 Å². The van der Waals surface area contributed by atoms with Crippen LogP contribution in [-0.4, -0.2) is 30.0 Å². The lowest BCUT2D eigenvalue weighted by molar-refractivity contribution is -0.120. The van der Waals surface area contributed by atoms with Gasteiger partial charge in [0, 0.05) is 18.7 Å². The molecule has 0 saturated carbocycles. The molecule has 0 aliphatic rings. The highest BCUT2D eigenvalue weighted by atomic mass is 16.3. The second-order valence-corrected chi connectivity index (χ2v) is 3.49. The first-order valence-corrected chi connectivity index (χ1v) is 5.34. The molecule has 0 atom stereocenters. The maximum absolute atomic E-state index is 11.6. The van der Waals surface area contributed by atoms with E-state index in [1.165, 1.54) is 12.1 Å². The molecule has 0 bridgehead atoms. The van der Waals surface area contributed by atoms with E-state index in [9.17, 15) is 14.7 Å². The van der Waals surface area contributed by atoms with Gasteiger partial charge in [-0.1, -0.05) is 6.07 Å². The van der Waals surface area contributed by atoms with Gasteiger partial charge in [-0.3, -0.25) is 9.59 Å². The zero-order valence-corrected chi connectivity index (χ0v) is 9.64. The molecule has 1 rings (SSSR count). The highest BCUT2D eigenvalue weighted by Crippen LogP contribution is 2.10. The van der Waals surface area contributed by atoms with Crippen molar-refractivity contribution >= 4 is 11.8 Å². The fourth-order valence-corrected chi connectivity index (χ4v) is 1.26. The lowest BCUT2D eigenvalue weighted by Gasteiger charge is -2.06. The number of hydrogen-bond donors (Lipinski definition) is 3. The number of nitrogens with one attached hydrogen (secondary N) is 2. The van der Waals surface area contributed by atoms with Gasteiger partial charge in [-0.15, -0.1) is 0 Å². The first kappa shape index (κ1) is 13.5. The number of carbonyl (C=O) groups excluding carboxylic acids is 2. The number of carbonyl (C=O) groups is 2. The Kier molecular flexibility index (Phi) is 5.19. The number of nitrogens with zero attached hydrogens (tertiary/aromatic N) is 1. The average Bonchev–Trinajstić information content (AvgIpc) is 2.35. The first-order valence-electron chi connectivity index (χ1n) is 5.34. The van der Waals surface area contributed by atoms with Crippen LogP contribution in [0.3, 0.4) is 0 Å². The molecule has 0 unspecified atom stereocenters. The lowest BCUT2D eigenvalue weighted by atomic mass is 10.2. The van der Waals surface area contributed by atoms with Crippen LogP contribution in [0.2, 0.25) is 0 Å². The summed E-state index contributed by atoms with van der Waals surface area (Å²) in [4.78, 5) is 22.5. The van der Waals surface area contributed by atoms with E-state index >= 15 is 0 Å². The molecule has 94 valence electrons. The molecule has 0 fully saturated rings. The highest BCUT2D eigenvalue weighted by molar-refractivity contribution is 5.94. The van der Waals surface area contributed by atoms with Crippen LogP contribution in [0.25, 0.3) is 0 Å². The van der Waals surface area contributed by atoms with Gasteiger partial charge in [-0.2, -0.15) is 5.26 Å².